The number of nitrogens with zero attached hydrogens (tertiary/aromatic N) is 1. The van der Waals surface area contributed by atoms with Gasteiger partial charge in [0.2, 0.25) is 0 Å². The van der Waals surface area contributed by atoms with Crippen LogP contribution in [0.2, 0.25) is 0 Å². The van der Waals surface area contributed by atoms with Crippen LogP contribution in [0.4, 0.5) is 14.6 Å². The summed E-state index contributed by atoms with van der Waals surface area (Å²) in [6, 6.07) is 0.652. The van der Waals surface area contributed by atoms with Crippen LogP contribution in [0.5, 0.6) is 5.88 Å². The molecule has 0 aromatic carbocycles. The van der Waals surface area contributed by atoms with Crippen molar-refractivity contribution in [1.82, 2.24) is 4.98 Å². The minimum Gasteiger partial charge on any atom is -0.475 e. The molecule has 96 valence electrons. The van der Waals surface area contributed by atoms with Crippen molar-refractivity contribution in [2.24, 2.45) is 0 Å². The lowest BCUT2D eigenvalue weighted by molar-refractivity contribution is 0.00473. The molecule has 4 nitrogen and oxygen atoms in total. The molecule has 1 aromatic rings. The van der Waals surface area contributed by atoms with Gasteiger partial charge in [0.15, 0.2) is 17.5 Å². The number of hydrogen-bond acceptors (Lipinski definition) is 4. The third-order valence-electron chi connectivity index (χ3n) is 2.42. The molecular formula is C11H16F2N2O2. The first-order chi connectivity index (χ1) is 7.85. The molecule has 0 aliphatic heterocycles. The molecule has 0 amide bonds. The first-order valence-corrected chi connectivity index (χ1v) is 5.15. The van der Waals surface area contributed by atoms with Crippen LogP contribution in [-0.2, 0) is 4.74 Å². The Bertz CT molecular complexity index is 397. The fourth-order valence-corrected chi connectivity index (χ4v) is 1.06. The number of pyridine rings is 1. The minimum atomic E-state index is -0.896. The molecule has 0 saturated heterocycles. The standard InChI is InChI=1S/C11H16F2N2O2/c1-11(2,16-3)4-5-17-10-8(13)6-7(12)9(14)15-10/h6H,4-5H2,1-3H3,(H2,14,15). The van der Waals surface area contributed by atoms with Gasteiger partial charge >= 0.3 is 0 Å². The number of anilines is 1. The third kappa shape index (κ3) is 3.81. The van der Waals surface area contributed by atoms with E-state index in [2.05, 4.69) is 4.98 Å². The monoisotopic (exact) mass is 246 g/mol. The van der Waals surface area contributed by atoms with E-state index in [1.165, 1.54) is 0 Å². The Hall–Kier alpha value is -1.43. The van der Waals surface area contributed by atoms with Crippen LogP contribution in [0.3, 0.4) is 0 Å². The molecule has 0 fully saturated rings. The van der Waals surface area contributed by atoms with E-state index in [-0.39, 0.29) is 23.9 Å². The molecule has 0 aliphatic carbocycles. The van der Waals surface area contributed by atoms with Crippen molar-refractivity contribution in [2.75, 3.05) is 19.5 Å². The van der Waals surface area contributed by atoms with E-state index in [0.717, 1.165) is 0 Å². The second-order valence-electron chi connectivity index (χ2n) is 4.20. The first kappa shape index (κ1) is 13.6. The number of aromatic nitrogens is 1. The van der Waals surface area contributed by atoms with Crippen LogP contribution in [-0.4, -0.2) is 24.3 Å². The zero-order valence-electron chi connectivity index (χ0n) is 10.1. The number of rotatable bonds is 5. The maximum atomic E-state index is 13.2. The molecule has 6 heteroatoms. The number of halogens is 2. The molecular weight excluding hydrogens is 230 g/mol. The summed E-state index contributed by atoms with van der Waals surface area (Å²) in [7, 11) is 1.58. The predicted octanol–water partition coefficient (Wildman–Crippen LogP) is 2.14. The number of nitrogens with two attached hydrogens (primary N) is 1. The van der Waals surface area contributed by atoms with E-state index in [1.807, 2.05) is 13.8 Å². The summed E-state index contributed by atoms with van der Waals surface area (Å²) in [5, 5.41) is 0. The highest BCUT2D eigenvalue weighted by molar-refractivity contribution is 5.34. The van der Waals surface area contributed by atoms with E-state index >= 15 is 0 Å². The Morgan fingerprint density at radius 1 is 1.35 bits per heavy atom. The van der Waals surface area contributed by atoms with Crippen molar-refractivity contribution in [3.8, 4) is 5.88 Å². The maximum Gasteiger partial charge on any atom is 0.252 e. The lowest BCUT2D eigenvalue weighted by Gasteiger charge is -2.22. The molecule has 0 atom stereocenters. The van der Waals surface area contributed by atoms with Crippen molar-refractivity contribution in [1.29, 1.82) is 0 Å². The van der Waals surface area contributed by atoms with Gasteiger partial charge in [0.1, 0.15) is 0 Å². The Labute approximate surface area is 98.7 Å². The Balaban J connectivity index is 2.61. The van der Waals surface area contributed by atoms with Crippen LogP contribution in [0, 0.1) is 11.6 Å². The SMILES string of the molecule is COC(C)(C)CCOc1nc(N)c(F)cc1F. The van der Waals surface area contributed by atoms with Crippen molar-refractivity contribution >= 4 is 5.82 Å². The van der Waals surface area contributed by atoms with E-state index < -0.39 is 11.6 Å². The second kappa shape index (κ2) is 5.27. The van der Waals surface area contributed by atoms with Gasteiger partial charge in [-0.05, 0) is 13.8 Å². The van der Waals surface area contributed by atoms with Gasteiger partial charge in [-0.15, -0.1) is 0 Å². The van der Waals surface area contributed by atoms with Crippen molar-refractivity contribution < 1.29 is 18.3 Å². The number of nitrogen functional groups attached to an aromatic ring is 1. The van der Waals surface area contributed by atoms with Crippen LogP contribution in [0.15, 0.2) is 6.07 Å². The second-order valence-corrected chi connectivity index (χ2v) is 4.20. The zero-order valence-corrected chi connectivity index (χ0v) is 10.1. The van der Waals surface area contributed by atoms with Crippen molar-refractivity contribution in [3.05, 3.63) is 17.7 Å². The summed E-state index contributed by atoms with van der Waals surface area (Å²) in [4.78, 5) is 3.48. The van der Waals surface area contributed by atoms with Gasteiger partial charge in [-0.1, -0.05) is 0 Å². The highest BCUT2D eigenvalue weighted by Crippen LogP contribution is 2.20. The lowest BCUT2D eigenvalue weighted by Crippen LogP contribution is -2.25. The van der Waals surface area contributed by atoms with Crippen molar-refractivity contribution in [2.45, 2.75) is 25.9 Å². The van der Waals surface area contributed by atoms with E-state index in [1.54, 1.807) is 7.11 Å². The zero-order chi connectivity index (χ0) is 13.1. The van der Waals surface area contributed by atoms with Gasteiger partial charge in [-0.2, -0.15) is 4.98 Å². The lowest BCUT2D eigenvalue weighted by atomic mass is 10.1. The summed E-state index contributed by atoms with van der Waals surface area (Å²) in [5.41, 5.74) is 4.84. The first-order valence-electron chi connectivity index (χ1n) is 5.15. The van der Waals surface area contributed by atoms with Gasteiger partial charge in [-0.25, -0.2) is 8.78 Å². The minimum absolute atomic E-state index is 0.204. The average Bonchev–Trinajstić information content (AvgIpc) is 2.25. The molecule has 17 heavy (non-hydrogen) atoms. The quantitative estimate of drug-likeness (QED) is 0.864. The topological polar surface area (TPSA) is 57.4 Å². The van der Waals surface area contributed by atoms with Crippen molar-refractivity contribution in [3.63, 3.8) is 0 Å². The molecule has 1 heterocycles. The molecule has 0 bridgehead atoms. The molecule has 0 unspecified atom stereocenters. The number of methoxy groups -OCH3 is 1. The molecule has 1 rings (SSSR count). The van der Waals surface area contributed by atoms with E-state index in [0.29, 0.717) is 12.5 Å². The Morgan fingerprint density at radius 3 is 2.59 bits per heavy atom. The smallest absolute Gasteiger partial charge is 0.252 e. The van der Waals surface area contributed by atoms with Gasteiger partial charge in [0, 0.05) is 19.6 Å². The predicted molar refractivity (Wildman–Crippen MR) is 59.8 cm³/mol. The van der Waals surface area contributed by atoms with Gasteiger partial charge in [-0.3, -0.25) is 0 Å². The van der Waals surface area contributed by atoms with Crippen LogP contribution in [0.25, 0.3) is 0 Å². The van der Waals surface area contributed by atoms with Gasteiger partial charge in [0.05, 0.1) is 12.2 Å². The molecule has 0 aliphatic rings. The largest absolute Gasteiger partial charge is 0.475 e. The Morgan fingerprint density at radius 2 is 2.00 bits per heavy atom. The van der Waals surface area contributed by atoms with Crippen LogP contribution < -0.4 is 10.5 Å². The van der Waals surface area contributed by atoms with Crippen LogP contribution in [0.1, 0.15) is 20.3 Å². The molecule has 0 saturated carbocycles. The summed E-state index contributed by atoms with van der Waals surface area (Å²) < 4.78 is 36.3. The summed E-state index contributed by atoms with van der Waals surface area (Å²) in [6.45, 7) is 3.95. The van der Waals surface area contributed by atoms with E-state index in [9.17, 15) is 8.78 Å². The third-order valence-corrected chi connectivity index (χ3v) is 2.42. The highest BCUT2D eigenvalue weighted by Gasteiger charge is 2.17. The molecule has 0 radical (unpaired) electrons. The molecule has 0 spiro atoms. The normalized spacial score (nSPS) is 11.6. The number of hydrogen-bond donors (Lipinski definition) is 1. The molecule has 2 N–H and O–H groups in total. The summed E-state index contributed by atoms with van der Waals surface area (Å²) in [6.07, 6.45) is 0.544. The fraction of sp³-hybridized carbons (Fsp3) is 0.545. The molecule has 1 aromatic heterocycles. The Kier molecular flexibility index (Phi) is 4.22. The summed E-state index contributed by atoms with van der Waals surface area (Å²) >= 11 is 0. The average molecular weight is 246 g/mol. The maximum absolute atomic E-state index is 13.2. The number of ether oxygens (including phenoxy) is 2. The van der Waals surface area contributed by atoms with Crippen LogP contribution >= 0.6 is 0 Å². The van der Waals surface area contributed by atoms with Gasteiger partial charge < -0.3 is 15.2 Å². The van der Waals surface area contributed by atoms with E-state index in [4.69, 9.17) is 15.2 Å². The van der Waals surface area contributed by atoms with Gasteiger partial charge in [0.25, 0.3) is 5.88 Å². The fourth-order valence-electron chi connectivity index (χ4n) is 1.06. The highest BCUT2D eigenvalue weighted by atomic mass is 19.1. The summed E-state index contributed by atoms with van der Waals surface area (Å²) in [5.74, 6) is -2.44.